The summed E-state index contributed by atoms with van der Waals surface area (Å²) in [5.41, 5.74) is 4.28. The topological polar surface area (TPSA) is 37.3 Å². The number of likely N-dealkylation sites (tertiary alicyclic amines) is 1. The van der Waals surface area contributed by atoms with Gasteiger partial charge in [0.1, 0.15) is 0 Å². The SMILES string of the molecule is Cc1cc(C(=O)N2CCC3(CCNC3)CC2)c(C)n1-c1cccc(Cl)c1. The molecule has 2 saturated heterocycles. The second-order valence-electron chi connectivity index (χ2n) is 7.82. The molecule has 0 bridgehead atoms. The van der Waals surface area contributed by atoms with Crippen LogP contribution in [0.3, 0.4) is 0 Å². The fourth-order valence-electron chi connectivity index (χ4n) is 4.57. The third-order valence-electron chi connectivity index (χ3n) is 6.17. The molecule has 0 unspecified atom stereocenters. The molecule has 0 radical (unpaired) electrons. The van der Waals surface area contributed by atoms with E-state index in [9.17, 15) is 4.79 Å². The summed E-state index contributed by atoms with van der Waals surface area (Å²) in [6.07, 6.45) is 3.47. The first kappa shape index (κ1) is 17.6. The normalized spacial score (nSPS) is 19.3. The number of aromatic nitrogens is 1. The van der Waals surface area contributed by atoms with Crippen molar-refractivity contribution in [1.82, 2.24) is 14.8 Å². The summed E-state index contributed by atoms with van der Waals surface area (Å²) in [6, 6.07) is 9.79. The standard InChI is InChI=1S/C21H26ClN3O/c1-15-12-19(16(2)25(15)18-5-3-4-17(22)13-18)20(26)24-10-7-21(8-11-24)6-9-23-14-21/h3-5,12-13,23H,6-11,14H2,1-2H3. The maximum atomic E-state index is 13.2. The molecule has 0 saturated carbocycles. The first-order valence-electron chi connectivity index (χ1n) is 9.44. The van der Waals surface area contributed by atoms with Crippen molar-refractivity contribution in [2.24, 2.45) is 5.41 Å². The highest BCUT2D eigenvalue weighted by Crippen LogP contribution is 2.37. The molecule has 1 spiro atoms. The lowest BCUT2D eigenvalue weighted by molar-refractivity contribution is 0.0607. The van der Waals surface area contributed by atoms with Gasteiger partial charge in [0.15, 0.2) is 0 Å². The van der Waals surface area contributed by atoms with E-state index in [2.05, 4.69) is 9.88 Å². The van der Waals surface area contributed by atoms with E-state index in [0.29, 0.717) is 10.4 Å². The van der Waals surface area contributed by atoms with Gasteiger partial charge in [0.05, 0.1) is 5.56 Å². The Kier molecular flexibility index (Phi) is 4.57. The number of halogens is 1. The molecule has 26 heavy (non-hydrogen) atoms. The fraction of sp³-hybridized carbons (Fsp3) is 0.476. The Bertz CT molecular complexity index is 826. The minimum absolute atomic E-state index is 0.159. The van der Waals surface area contributed by atoms with E-state index in [0.717, 1.165) is 61.7 Å². The molecular weight excluding hydrogens is 346 g/mol. The van der Waals surface area contributed by atoms with Crippen LogP contribution in [-0.2, 0) is 0 Å². The number of benzene rings is 1. The van der Waals surface area contributed by atoms with Crippen molar-refractivity contribution in [3.8, 4) is 5.69 Å². The van der Waals surface area contributed by atoms with Crippen molar-refractivity contribution < 1.29 is 4.79 Å². The number of nitrogens with one attached hydrogen (secondary N) is 1. The molecule has 2 aliphatic heterocycles. The number of carbonyl (C=O) groups excluding carboxylic acids is 1. The van der Waals surface area contributed by atoms with Crippen molar-refractivity contribution in [1.29, 1.82) is 0 Å². The van der Waals surface area contributed by atoms with Crippen LogP contribution in [0.2, 0.25) is 5.02 Å². The highest BCUT2D eigenvalue weighted by atomic mass is 35.5. The smallest absolute Gasteiger partial charge is 0.255 e. The Morgan fingerprint density at radius 1 is 1.15 bits per heavy atom. The number of hydrogen-bond donors (Lipinski definition) is 1. The number of amides is 1. The van der Waals surface area contributed by atoms with Gasteiger partial charge in [-0.3, -0.25) is 4.79 Å². The monoisotopic (exact) mass is 371 g/mol. The third kappa shape index (κ3) is 3.06. The predicted octanol–water partition coefficient (Wildman–Crippen LogP) is 3.96. The van der Waals surface area contributed by atoms with Crippen LogP contribution < -0.4 is 5.32 Å². The summed E-state index contributed by atoms with van der Waals surface area (Å²) in [6.45, 7) is 8.02. The summed E-state index contributed by atoms with van der Waals surface area (Å²) < 4.78 is 2.12. The number of rotatable bonds is 2. The molecule has 1 aromatic heterocycles. The van der Waals surface area contributed by atoms with Gasteiger partial charge in [-0.1, -0.05) is 17.7 Å². The second-order valence-corrected chi connectivity index (χ2v) is 8.26. The molecule has 0 atom stereocenters. The molecule has 5 heteroatoms. The summed E-state index contributed by atoms with van der Waals surface area (Å²) >= 11 is 6.16. The van der Waals surface area contributed by atoms with Gasteiger partial charge in [0, 0.05) is 41.7 Å². The molecule has 3 heterocycles. The summed E-state index contributed by atoms with van der Waals surface area (Å²) in [4.78, 5) is 15.2. The lowest BCUT2D eigenvalue weighted by Crippen LogP contribution is -2.44. The van der Waals surface area contributed by atoms with Crippen molar-refractivity contribution >= 4 is 17.5 Å². The first-order valence-corrected chi connectivity index (χ1v) is 9.82. The lowest BCUT2D eigenvalue weighted by atomic mass is 9.78. The molecule has 2 aromatic rings. The second kappa shape index (κ2) is 6.75. The number of aryl methyl sites for hydroxylation is 1. The molecule has 138 valence electrons. The van der Waals surface area contributed by atoms with Gasteiger partial charge in [0.25, 0.3) is 5.91 Å². The van der Waals surface area contributed by atoms with Crippen molar-refractivity contribution in [3.05, 3.63) is 52.3 Å². The van der Waals surface area contributed by atoms with E-state index >= 15 is 0 Å². The zero-order chi connectivity index (χ0) is 18.3. The summed E-state index contributed by atoms with van der Waals surface area (Å²) in [5.74, 6) is 0.159. The molecule has 2 fully saturated rings. The Labute approximate surface area is 160 Å². The molecule has 0 aliphatic carbocycles. The van der Waals surface area contributed by atoms with Crippen molar-refractivity contribution in [3.63, 3.8) is 0 Å². The van der Waals surface area contributed by atoms with Crippen LogP contribution in [-0.4, -0.2) is 41.6 Å². The molecule has 4 rings (SSSR count). The zero-order valence-corrected chi connectivity index (χ0v) is 16.3. The van der Waals surface area contributed by atoms with E-state index in [1.807, 2.05) is 49.1 Å². The van der Waals surface area contributed by atoms with Crippen molar-refractivity contribution in [2.75, 3.05) is 26.2 Å². The van der Waals surface area contributed by atoms with Gasteiger partial charge in [-0.05, 0) is 69.3 Å². The van der Waals surface area contributed by atoms with Crippen LogP contribution in [0.4, 0.5) is 0 Å². The molecule has 1 aromatic carbocycles. The first-order chi connectivity index (χ1) is 12.5. The van der Waals surface area contributed by atoms with Crippen LogP contribution in [0, 0.1) is 19.3 Å². The van der Waals surface area contributed by atoms with Crippen LogP contribution in [0.15, 0.2) is 30.3 Å². The van der Waals surface area contributed by atoms with Crippen LogP contribution in [0.25, 0.3) is 5.69 Å². The zero-order valence-electron chi connectivity index (χ0n) is 15.5. The number of carbonyl (C=O) groups is 1. The number of piperidine rings is 1. The minimum Gasteiger partial charge on any atom is -0.339 e. The fourth-order valence-corrected chi connectivity index (χ4v) is 4.75. The van der Waals surface area contributed by atoms with Gasteiger partial charge in [-0.2, -0.15) is 0 Å². The van der Waals surface area contributed by atoms with Crippen LogP contribution >= 0.6 is 11.6 Å². The van der Waals surface area contributed by atoms with E-state index in [4.69, 9.17) is 11.6 Å². The lowest BCUT2D eigenvalue weighted by Gasteiger charge is -2.38. The predicted molar refractivity (Wildman–Crippen MR) is 105 cm³/mol. The highest BCUT2D eigenvalue weighted by molar-refractivity contribution is 6.30. The van der Waals surface area contributed by atoms with E-state index in [1.165, 1.54) is 6.42 Å². The molecule has 4 nitrogen and oxygen atoms in total. The van der Waals surface area contributed by atoms with E-state index in [-0.39, 0.29) is 5.91 Å². The molecule has 1 N–H and O–H groups in total. The Hall–Kier alpha value is -1.78. The third-order valence-corrected chi connectivity index (χ3v) is 6.41. The summed E-state index contributed by atoms with van der Waals surface area (Å²) in [5, 5.41) is 4.19. The van der Waals surface area contributed by atoms with Gasteiger partial charge in [-0.25, -0.2) is 0 Å². The largest absolute Gasteiger partial charge is 0.339 e. The number of nitrogens with zero attached hydrogens (tertiary/aromatic N) is 2. The average Bonchev–Trinajstić information content (AvgIpc) is 3.19. The number of hydrogen-bond acceptors (Lipinski definition) is 2. The molecular formula is C21H26ClN3O. The molecule has 1 amide bonds. The van der Waals surface area contributed by atoms with Crippen LogP contribution in [0.1, 0.15) is 41.0 Å². The Morgan fingerprint density at radius 2 is 1.92 bits per heavy atom. The van der Waals surface area contributed by atoms with E-state index < -0.39 is 0 Å². The quantitative estimate of drug-likeness (QED) is 0.867. The minimum atomic E-state index is 0.159. The average molecular weight is 372 g/mol. The Morgan fingerprint density at radius 3 is 2.58 bits per heavy atom. The maximum absolute atomic E-state index is 13.2. The van der Waals surface area contributed by atoms with Gasteiger partial charge in [0.2, 0.25) is 0 Å². The van der Waals surface area contributed by atoms with E-state index in [1.54, 1.807) is 0 Å². The van der Waals surface area contributed by atoms with Gasteiger partial charge >= 0.3 is 0 Å². The Balaban J connectivity index is 1.57. The maximum Gasteiger partial charge on any atom is 0.255 e. The van der Waals surface area contributed by atoms with Gasteiger partial charge in [-0.15, -0.1) is 0 Å². The van der Waals surface area contributed by atoms with Gasteiger partial charge < -0.3 is 14.8 Å². The highest BCUT2D eigenvalue weighted by Gasteiger charge is 2.38. The van der Waals surface area contributed by atoms with Crippen LogP contribution in [0.5, 0.6) is 0 Å². The summed E-state index contributed by atoms with van der Waals surface area (Å²) in [7, 11) is 0. The van der Waals surface area contributed by atoms with Crippen molar-refractivity contribution in [2.45, 2.75) is 33.1 Å². The molecule has 2 aliphatic rings.